The molecule has 4 rings (SSSR count). The van der Waals surface area contributed by atoms with Gasteiger partial charge in [0.25, 0.3) is 0 Å². The fraction of sp³-hybridized carbons (Fsp3) is 0.310. The van der Waals surface area contributed by atoms with Crippen LogP contribution in [0.2, 0.25) is 0 Å². The number of benzene rings is 3. The lowest BCUT2D eigenvalue weighted by atomic mass is 9.82. The number of piperidine rings is 1. The monoisotopic (exact) mass is 488 g/mol. The van der Waals surface area contributed by atoms with Crippen LogP contribution < -0.4 is 24.0 Å². The van der Waals surface area contributed by atoms with Crippen LogP contribution in [0.25, 0.3) is 0 Å². The van der Waals surface area contributed by atoms with Crippen LogP contribution in [0.1, 0.15) is 30.0 Å². The van der Waals surface area contributed by atoms with E-state index in [9.17, 15) is 9.59 Å². The van der Waals surface area contributed by atoms with Crippen LogP contribution in [0, 0.1) is 12.8 Å². The Morgan fingerprint density at radius 3 is 2.22 bits per heavy atom. The molecule has 36 heavy (non-hydrogen) atoms. The van der Waals surface area contributed by atoms with Crippen molar-refractivity contribution in [3.05, 3.63) is 77.9 Å². The van der Waals surface area contributed by atoms with Gasteiger partial charge in [-0.15, -0.1) is 0 Å². The van der Waals surface area contributed by atoms with Gasteiger partial charge in [0.05, 0.1) is 33.3 Å². The summed E-state index contributed by atoms with van der Waals surface area (Å²) in [5.41, 5.74) is 3.33. The number of rotatable bonds is 7. The Hall–Kier alpha value is -4.00. The maximum Gasteiger partial charge on any atom is 0.232 e. The zero-order chi connectivity index (χ0) is 25.8. The maximum atomic E-state index is 14.0. The third-order valence-corrected chi connectivity index (χ3v) is 6.77. The van der Waals surface area contributed by atoms with Gasteiger partial charge in [0.2, 0.25) is 11.8 Å². The lowest BCUT2D eigenvalue weighted by molar-refractivity contribution is -0.127. The van der Waals surface area contributed by atoms with E-state index in [4.69, 9.17) is 14.2 Å². The molecule has 0 radical (unpaired) electrons. The van der Waals surface area contributed by atoms with Crippen molar-refractivity contribution in [2.75, 3.05) is 38.2 Å². The highest BCUT2D eigenvalue weighted by molar-refractivity contribution is 6.01. The van der Waals surface area contributed by atoms with E-state index in [1.165, 1.54) is 0 Å². The normalized spacial score (nSPS) is 17.5. The maximum absolute atomic E-state index is 14.0. The number of ether oxygens (including phenoxy) is 3. The number of hydrogen-bond acceptors (Lipinski definition) is 5. The van der Waals surface area contributed by atoms with Crippen molar-refractivity contribution in [3.8, 4) is 17.2 Å². The Morgan fingerprint density at radius 1 is 0.889 bits per heavy atom. The van der Waals surface area contributed by atoms with Gasteiger partial charge < -0.3 is 24.0 Å². The van der Waals surface area contributed by atoms with Crippen molar-refractivity contribution in [1.82, 2.24) is 0 Å². The van der Waals surface area contributed by atoms with Crippen LogP contribution in [0.5, 0.6) is 17.2 Å². The minimum Gasteiger partial charge on any atom is -0.496 e. The van der Waals surface area contributed by atoms with Gasteiger partial charge in [-0.2, -0.15) is 0 Å². The third kappa shape index (κ3) is 4.73. The summed E-state index contributed by atoms with van der Waals surface area (Å²) in [5.74, 6) is 1.16. The zero-order valence-electron chi connectivity index (χ0n) is 21.4. The molecular weight excluding hydrogens is 456 g/mol. The average Bonchev–Trinajstić information content (AvgIpc) is 2.92. The van der Waals surface area contributed by atoms with Crippen LogP contribution in [-0.2, 0) is 9.59 Å². The number of methoxy groups -OCH3 is 3. The second kappa shape index (κ2) is 10.7. The molecule has 1 aliphatic heterocycles. The Bertz CT molecular complexity index is 1240. The molecule has 0 spiro atoms. The number of amides is 2. The molecule has 1 saturated heterocycles. The molecule has 2 unspecified atom stereocenters. The summed E-state index contributed by atoms with van der Waals surface area (Å²) in [5, 5.41) is 0. The van der Waals surface area contributed by atoms with E-state index < -0.39 is 12.0 Å². The molecule has 2 amide bonds. The summed E-state index contributed by atoms with van der Waals surface area (Å²) in [6.07, 6.45) is 0.704. The number of carbonyl (C=O) groups excluding carboxylic acids is 2. The summed E-state index contributed by atoms with van der Waals surface area (Å²) >= 11 is 0. The van der Waals surface area contributed by atoms with Crippen LogP contribution in [0.4, 0.5) is 11.4 Å². The molecule has 2 atom stereocenters. The Balaban J connectivity index is 1.79. The molecule has 3 aromatic carbocycles. The van der Waals surface area contributed by atoms with E-state index in [1.807, 2.05) is 61.5 Å². The van der Waals surface area contributed by atoms with E-state index >= 15 is 0 Å². The molecule has 0 N–H and O–H groups in total. The van der Waals surface area contributed by atoms with Gasteiger partial charge in [-0.1, -0.05) is 35.9 Å². The van der Waals surface area contributed by atoms with Gasteiger partial charge in [-0.3, -0.25) is 9.59 Å². The van der Waals surface area contributed by atoms with Crippen LogP contribution in [-0.4, -0.2) is 40.2 Å². The summed E-state index contributed by atoms with van der Waals surface area (Å²) in [6, 6.07) is 20.2. The molecule has 1 fully saturated rings. The molecule has 1 aliphatic rings. The molecule has 7 nitrogen and oxygen atoms in total. The Labute approximate surface area is 212 Å². The van der Waals surface area contributed by atoms with Crippen molar-refractivity contribution >= 4 is 23.2 Å². The van der Waals surface area contributed by atoms with Crippen molar-refractivity contribution in [2.45, 2.75) is 25.8 Å². The first-order valence-electron chi connectivity index (χ1n) is 11.9. The molecule has 7 heteroatoms. The molecule has 3 aromatic rings. The highest BCUT2D eigenvalue weighted by atomic mass is 16.5. The minimum atomic E-state index is -0.528. The van der Waals surface area contributed by atoms with Crippen LogP contribution in [0.15, 0.2) is 66.7 Å². The van der Waals surface area contributed by atoms with E-state index in [2.05, 4.69) is 0 Å². The Morgan fingerprint density at radius 2 is 1.56 bits per heavy atom. The average molecular weight is 489 g/mol. The molecule has 1 heterocycles. The first kappa shape index (κ1) is 25.1. The smallest absolute Gasteiger partial charge is 0.232 e. The predicted molar refractivity (Wildman–Crippen MR) is 140 cm³/mol. The second-order valence-corrected chi connectivity index (χ2v) is 8.87. The summed E-state index contributed by atoms with van der Waals surface area (Å²) in [6.45, 7) is 2.00. The quantitative estimate of drug-likeness (QED) is 0.459. The SMILES string of the molecule is COc1ccc(N(C)C(=O)C2CCC(=O)N(c3ccc(C)cc3)C2c2ccccc2OC)cc1OC. The van der Waals surface area contributed by atoms with Gasteiger partial charge in [0, 0.05) is 36.5 Å². The third-order valence-electron chi connectivity index (χ3n) is 6.77. The minimum absolute atomic E-state index is 0.0208. The highest BCUT2D eigenvalue weighted by Crippen LogP contribution is 2.44. The number of anilines is 2. The van der Waals surface area contributed by atoms with Gasteiger partial charge in [0.1, 0.15) is 5.75 Å². The summed E-state index contributed by atoms with van der Waals surface area (Å²) in [4.78, 5) is 30.8. The first-order valence-corrected chi connectivity index (χ1v) is 11.9. The number of para-hydroxylation sites is 1. The number of carbonyl (C=O) groups is 2. The molecule has 0 bridgehead atoms. The lowest BCUT2D eigenvalue weighted by Gasteiger charge is -2.42. The van der Waals surface area contributed by atoms with Gasteiger partial charge in [0.15, 0.2) is 11.5 Å². The predicted octanol–water partition coefficient (Wildman–Crippen LogP) is 5.17. The Kier molecular flexibility index (Phi) is 7.48. The number of nitrogens with zero attached hydrogens (tertiary/aromatic N) is 2. The van der Waals surface area contributed by atoms with Gasteiger partial charge in [-0.05, 0) is 43.7 Å². The number of hydrogen-bond donors (Lipinski definition) is 0. The summed E-state index contributed by atoms with van der Waals surface area (Å²) < 4.78 is 16.5. The van der Waals surface area contributed by atoms with E-state index in [0.717, 1.165) is 16.8 Å². The van der Waals surface area contributed by atoms with Crippen molar-refractivity contribution in [1.29, 1.82) is 0 Å². The van der Waals surface area contributed by atoms with Crippen molar-refractivity contribution < 1.29 is 23.8 Å². The standard InChI is InChI=1S/C29H32N2O5/c1-19-10-12-20(13-11-19)31-27(32)17-15-23(28(31)22-8-6-7-9-24(22)34-3)29(33)30(2)21-14-16-25(35-4)26(18-21)36-5/h6-14,16,18,23,28H,15,17H2,1-5H3. The highest BCUT2D eigenvalue weighted by Gasteiger charge is 2.43. The van der Waals surface area contributed by atoms with Crippen molar-refractivity contribution in [3.63, 3.8) is 0 Å². The van der Waals surface area contributed by atoms with Gasteiger partial charge in [-0.25, -0.2) is 0 Å². The van der Waals surface area contributed by atoms with E-state index in [1.54, 1.807) is 50.3 Å². The zero-order valence-corrected chi connectivity index (χ0v) is 21.4. The first-order chi connectivity index (χ1) is 17.4. The largest absolute Gasteiger partial charge is 0.496 e. The lowest BCUT2D eigenvalue weighted by Crippen LogP contribution is -2.49. The molecule has 0 aromatic heterocycles. The molecule has 0 aliphatic carbocycles. The second-order valence-electron chi connectivity index (χ2n) is 8.87. The van der Waals surface area contributed by atoms with Gasteiger partial charge >= 0.3 is 0 Å². The topological polar surface area (TPSA) is 68.3 Å². The molecular formula is C29H32N2O5. The van der Waals surface area contributed by atoms with E-state index in [0.29, 0.717) is 29.4 Å². The fourth-order valence-electron chi connectivity index (χ4n) is 4.84. The summed E-state index contributed by atoms with van der Waals surface area (Å²) in [7, 11) is 6.48. The fourth-order valence-corrected chi connectivity index (χ4v) is 4.84. The van der Waals surface area contributed by atoms with Crippen LogP contribution in [0.3, 0.4) is 0 Å². The van der Waals surface area contributed by atoms with Crippen LogP contribution >= 0.6 is 0 Å². The molecule has 0 saturated carbocycles. The molecule has 188 valence electrons. The van der Waals surface area contributed by atoms with E-state index in [-0.39, 0.29) is 18.2 Å². The number of aryl methyl sites for hydroxylation is 1. The van der Waals surface area contributed by atoms with Crippen molar-refractivity contribution in [2.24, 2.45) is 5.92 Å².